The Bertz CT molecular complexity index is 1040. The number of amides is 1. The first-order chi connectivity index (χ1) is 15.1. The standard InChI is InChI=1S/C25H29N3O3/c1-18(24-15-20-4-2-3-5-23(20)31-24)26-25(29)17-28-11-9-27(10-12-28)16-19-6-7-22-21(14-19)8-13-30-22/h2-7,14-15,18H,8-13,16-17H2,1H3,(H,26,29)/p+2/t18-/m1/s1. The number of hydrogen-bond acceptors (Lipinski definition) is 3. The van der Waals surface area contributed by atoms with Crippen LogP contribution in [-0.2, 0) is 17.8 Å². The van der Waals surface area contributed by atoms with Gasteiger partial charge in [0.05, 0.1) is 12.6 Å². The van der Waals surface area contributed by atoms with Gasteiger partial charge in [-0.2, -0.15) is 0 Å². The molecule has 0 aliphatic carbocycles. The predicted molar refractivity (Wildman–Crippen MR) is 118 cm³/mol. The van der Waals surface area contributed by atoms with Gasteiger partial charge in [0, 0.05) is 17.4 Å². The van der Waals surface area contributed by atoms with Gasteiger partial charge in [-0.1, -0.05) is 18.2 Å². The second-order valence-corrected chi connectivity index (χ2v) is 8.87. The molecular formula is C25H31N3O3+2. The van der Waals surface area contributed by atoms with Crippen molar-refractivity contribution in [2.75, 3.05) is 39.3 Å². The molecule has 1 atom stereocenters. The van der Waals surface area contributed by atoms with Gasteiger partial charge in [-0.15, -0.1) is 0 Å². The van der Waals surface area contributed by atoms with Crippen LogP contribution >= 0.6 is 0 Å². The number of nitrogens with one attached hydrogen (secondary N) is 3. The molecule has 1 amide bonds. The number of fused-ring (bicyclic) bond motifs is 2. The first-order valence-electron chi connectivity index (χ1n) is 11.3. The molecule has 1 aromatic heterocycles. The number of benzene rings is 2. The minimum atomic E-state index is -0.130. The normalized spacial score (nSPS) is 21.5. The molecule has 3 aromatic rings. The molecule has 0 unspecified atom stereocenters. The molecular weight excluding hydrogens is 390 g/mol. The van der Waals surface area contributed by atoms with Gasteiger partial charge in [0.25, 0.3) is 5.91 Å². The first kappa shape index (κ1) is 20.1. The molecule has 3 N–H and O–H groups in total. The maximum absolute atomic E-state index is 12.6. The van der Waals surface area contributed by atoms with Crippen LogP contribution in [-0.4, -0.2) is 45.2 Å². The fourth-order valence-corrected chi connectivity index (χ4v) is 4.76. The number of carbonyl (C=O) groups is 1. The van der Waals surface area contributed by atoms with Gasteiger partial charge in [0.1, 0.15) is 49.8 Å². The summed E-state index contributed by atoms with van der Waals surface area (Å²) in [6.07, 6.45) is 1.03. The van der Waals surface area contributed by atoms with Gasteiger partial charge in [-0.3, -0.25) is 4.79 Å². The third-order valence-electron chi connectivity index (χ3n) is 6.53. The largest absolute Gasteiger partial charge is 0.493 e. The van der Waals surface area contributed by atoms with Gasteiger partial charge in [-0.05, 0) is 42.8 Å². The second-order valence-electron chi connectivity index (χ2n) is 8.87. The van der Waals surface area contributed by atoms with Crippen molar-refractivity contribution in [2.45, 2.75) is 25.9 Å². The summed E-state index contributed by atoms with van der Waals surface area (Å²) < 4.78 is 11.5. The molecule has 31 heavy (non-hydrogen) atoms. The molecule has 0 saturated carbocycles. The lowest BCUT2D eigenvalue weighted by atomic mass is 10.1. The van der Waals surface area contributed by atoms with Gasteiger partial charge >= 0.3 is 0 Å². The smallest absolute Gasteiger partial charge is 0.275 e. The zero-order valence-electron chi connectivity index (χ0n) is 18.1. The van der Waals surface area contributed by atoms with E-state index in [2.05, 4.69) is 23.5 Å². The molecule has 1 saturated heterocycles. The predicted octanol–water partition coefficient (Wildman–Crippen LogP) is 0.529. The number of quaternary nitrogens is 2. The summed E-state index contributed by atoms with van der Waals surface area (Å²) in [6, 6.07) is 16.4. The minimum absolute atomic E-state index is 0.0880. The van der Waals surface area contributed by atoms with E-state index < -0.39 is 0 Å². The summed E-state index contributed by atoms with van der Waals surface area (Å²) in [5, 5.41) is 4.18. The molecule has 1 fully saturated rings. The molecule has 2 aliphatic rings. The van der Waals surface area contributed by atoms with Crippen LogP contribution < -0.4 is 19.9 Å². The Morgan fingerprint density at radius 1 is 1.06 bits per heavy atom. The molecule has 162 valence electrons. The number of carbonyl (C=O) groups excluding carboxylic acids is 1. The highest BCUT2D eigenvalue weighted by atomic mass is 16.5. The SMILES string of the molecule is C[C@@H](NC(=O)C[NH+]1CC[NH+](Cc2ccc3c(c2)CCO3)CC1)c1cc2ccccc2o1. The van der Waals surface area contributed by atoms with E-state index in [4.69, 9.17) is 9.15 Å². The minimum Gasteiger partial charge on any atom is -0.493 e. The fraction of sp³-hybridized carbons (Fsp3) is 0.400. The molecule has 2 aromatic carbocycles. The Morgan fingerprint density at radius 3 is 2.71 bits per heavy atom. The summed E-state index contributed by atoms with van der Waals surface area (Å²) in [4.78, 5) is 15.6. The Morgan fingerprint density at radius 2 is 1.87 bits per heavy atom. The second kappa shape index (κ2) is 8.73. The van der Waals surface area contributed by atoms with Crippen LogP contribution in [0.1, 0.15) is 29.9 Å². The van der Waals surface area contributed by atoms with Crippen LogP contribution in [0.3, 0.4) is 0 Å². The lowest BCUT2D eigenvalue weighted by molar-refractivity contribution is -1.02. The highest BCUT2D eigenvalue weighted by molar-refractivity contribution is 5.79. The van der Waals surface area contributed by atoms with Crippen molar-refractivity contribution in [1.82, 2.24) is 5.32 Å². The van der Waals surface area contributed by atoms with Crippen LogP contribution in [0.25, 0.3) is 11.0 Å². The number of para-hydroxylation sites is 1. The van der Waals surface area contributed by atoms with Gasteiger partial charge in [0.2, 0.25) is 0 Å². The van der Waals surface area contributed by atoms with Crippen molar-refractivity contribution in [3.63, 3.8) is 0 Å². The van der Waals surface area contributed by atoms with Crippen LogP contribution in [0.4, 0.5) is 0 Å². The van der Waals surface area contributed by atoms with Crippen LogP contribution in [0, 0.1) is 0 Å². The van der Waals surface area contributed by atoms with Crippen molar-refractivity contribution in [1.29, 1.82) is 0 Å². The molecule has 2 aliphatic heterocycles. The molecule has 0 spiro atoms. The average molecular weight is 422 g/mol. The van der Waals surface area contributed by atoms with Crippen LogP contribution in [0.2, 0.25) is 0 Å². The lowest BCUT2D eigenvalue weighted by Crippen LogP contribution is -3.28. The van der Waals surface area contributed by atoms with Crippen molar-refractivity contribution < 1.29 is 23.7 Å². The van der Waals surface area contributed by atoms with Crippen molar-refractivity contribution in [3.05, 3.63) is 65.4 Å². The fourth-order valence-electron chi connectivity index (χ4n) is 4.76. The third-order valence-corrected chi connectivity index (χ3v) is 6.53. The average Bonchev–Trinajstić information content (AvgIpc) is 3.41. The van der Waals surface area contributed by atoms with Crippen molar-refractivity contribution in [3.8, 4) is 5.75 Å². The molecule has 0 bridgehead atoms. The van der Waals surface area contributed by atoms with E-state index in [1.807, 2.05) is 37.3 Å². The summed E-state index contributed by atoms with van der Waals surface area (Å²) in [5.41, 5.74) is 3.59. The molecule has 6 nitrogen and oxygen atoms in total. The number of piperazine rings is 1. The van der Waals surface area contributed by atoms with E-state index in [9.17, 15) is 4.79 Å². The van der Waals surface area contributed by atoms with Gasteiger partial charge in [0.15, 0.2) is 6.54 Å². The number of furan rings is 1. The third kappa shape index (κ3) is 4.60. The topological polar surface area (TPSA) is 60.3 Å². The van der Waals surface area contributed by atoms with Crippen LogP contribution in [0.15, 0.2) is 52.9 Å². The summed E-state index contributed by atoms with van der Waals surface area (Å²) in [5.74, 6) is 1.94. The molecule has 5 rings (SSSR count). The summed E-state index contributed by atoms with van der Waals surface area (Å²) >= 11 is 0. The highest BCUT2D eigenvalue weighted by Gasteiger charge is 2.26. The molecule has 3 heterocycles. The zero-order chi connectivity index (χ0) is 21.2. The Balaban J connectivity index is 1.09. The zero-order valence-corrected chi connectivity index (χ0v) is 18.1. The molecule has 0 radical (unpaired) electrons. The Hall–Kier alpha value is -2.83. The van der Waals surface area contributed by atoms with Crippen LogP contribution in [0.5, 0.6) is 5.75 Å². The van der Waals surface area contributed by atoms with E-state index in [0.717, 1.165) is 68.2 Å². The maximum atomic E-state index is 12.6. The highest BCUT2D eigenvalue weighted by Crippen LogP contribution is 2.25. The van der Waals surface area contributed by atoms with E-state index in [-0.39, 0.29) is 11.9 Å². The number of ether oxygens (including phenoxy) is 1. The quantitative estimate of drug-likeness (QED) is 0.544. The van der Waals surface area contributed by atoms with Crippen molar-refractivity contribution in [2.24, 2.45) is 0 Å². The summed E-state index contributed by atoms with van der Waals surface area (Å²) in [7, 11) is 0. The lowest BCUT2D eigenvalue weighted by Gasteiger charge is -2.29. The monoisotopic (exact) mass is 421 g/mol. The Kier molecular flexibility index (Phi) is 5.66. The molecule has 6 heteroatoms. The summed E-state index contributed by atoms with van der Waals surface area (Å²) in [6.45, 7) is 8.60. The van der Waals surface area contributed by atoms with Crippen molar-refractivity contribution >= 4 is 16.9 Å². The first-order valence-corrected chi connectivity index (χ1v) is 11.3. The van der Waals surface area contributed by atoms with E-state index in [1.165, 1.54) is 16.0 Å². The number of hydrogen-bond donors (Lipinski definition) is 3. The van der Waals surface area contributed by atoms with E-state index in [1.54, 1.807) is 4.90 Å². The van der Waals surface area contributed by atoms with E-state index >= 15 is 0 Å². The Labute approximate surface area is 182 Å². The van der Waals surface area contributed by atoms with Gasteiger partial charge in [-0.25, -0.2) is 0 Å². The maximum Gasteiger partial charge on any atom is 0.275 e. The van der Waals surface area contributed by atoms with E-state index in [0.29, 0.717) is 6.54 Å². The van der Waals surface area contributed by atoms with Gasteiger partial charge < -0.3 is 24.3 Å². The number of rotatable bonds is 6.